The van der Waals surface area contributed by atoms with Crippen molar-refractivity contribution in [1.29, 1.82) is 0 Å². The van der Waals surface area contributed by atoms with Gasteiger partial charge in [0.1, 0.15) is 5.82 Å². The number of rotatable bonds is 7. The highest BCUT2D eigenvalue weighted by Gasteiger charge is 2.30. The van der Waals surface area contributed by atoms with Gasteiger partial charge >= 0.3 is 0 Å². The van der Waals surface area contributed by atoms with Crippen LogP contribution in [0.1, 0.15) is 43.0 Å². The number of phenolic OH excluding ortho intramolecular Hbond substituents is 2. The number of pyridine rings is 1. The number of hydrogen-bond donors (Lipinski definition) is 4. The molecule has 0 bridgehead atoms. The zero-order chi connectivity index (χ0) is 30.9. The highest BCUT2D eigenvalue weighted by Crippen LogP contribution is 2.37. The lowest BCUT2D eigenvalue weighted by Gasteiger charge is -2.33. The summed E-state index contributed by atoms with van der Waals surface area (Å²) in [6, 6.07) is 17.4. The molecule has 3 aromatic rings. The maximum Gasteiger partial charge on any atom is 0.223 e. The first-order chi connectivity index (χ1) is 21.9. The van der Waals surface area contributed by atoms with Crippen LogP contribution in [0.5, 0.6) is 11.5 Å². The average Bonchev–Trinajstić information content (AvgIpc) is 3.46. The molecular formula is C36H38N6O3. The van der Waals surface area contributed by atoms with E-state index >= 15 is 0 Å². The maximum atomic E-state index is 12.8. The van der Waals surface area contributed by atoms with Crippen molar-refractivity contribution in [3.8, 4) is 22.6 Å². The van der Waals surface area contributed by atoms with Gasteiger partial charge in [-0.2, -0.15) is 0 Å². The molecule has 4 N–H and O–H groups in total. The van der Waals surface area contributed by atoms with Gasteiger partial charge in [-0.15, -0.1) is 0 Å². The van der Waals surface area contributed by atoms with Crippen LogP contribution in [0.3, 0.4) is 0 Å². The Balaban J connectivity index is 0.987. The van der Waals surface area contributed by atoms with Gasteiger partial charge in [0.25, 0.3) is 0 Å². The first kappa shape index (κ1) is 29.0. The van der Waals surface area contributed by atoms with Crippen LogP contribution in [0.2, 0.25) is 0 Å². The number of carbonyl (C=O) groups excluding carboxylic acids is 1. The van der Waals surface area contributed by atoms with Crippen LogP contribution in [0, 0.1) is 11.8 Å². The van der Waals surface area contributed by atoms with Gasteiger partial charge in [-0.25, -0.2) is 20.4 Å². The van der Waals surface area contributed by atoms with Crippen molar-refractivity contribution in [2.75, 3.05) is 24.6 Å². The summed E-state index contributed by atoms with van der Waals surface area (Å²) in [5.74, 6) is 1.86. The molecule has 1 saturated heterocycles. The number of piperidine rings is 1. The molecule has 4 aliphatic rings. The molecule has 1 fully saturated rings. The Labute approximate surface area is 263 Å². The number of aliphatic imine (C=N–C) groups is 1. The molecule has 1 aliphatic carbocycles. The summed E-state index contributed by atoms with van der Waals surface area (Å²) in [4.78, 5) is 25.2. The molecule has 9 nitrogen and oxygen atoms in total. The van der Waals surface area contributed by atoms with Crippen molar-refractivity contribution >= 4 is 23.5 Å². The Kier molecular flexibility index (Phi) is 7.95. The number of amides is 1. The normalized spacial score (nSPS) is 21.2. The lowest BCUT2D eigenvalue weighted by molar-refractivity contribution is -0.126. The molecule has 3 aliphatic heterocycles. The molecule has 230 valence electrons. The van der Waals surface area contributed by atoms with Crippen LogP contribution in [0.25, 0.3) is 16.7 Å². The fourth-order valence-corrected chi connectivity index (χ4v) is 6.56. The number of nitrogens with zero attached hydrogens (tertiary/aromatic N) is 4. The minimum atomic E-state index is -0.176. The number of likely N-dealkylation sites (tertiary alicyclic amines) is 1. The van der Waals surface area contributed by atoms with Crippen LogP contribution in [0.15, 0.2) is 89.7 Å². The zero-order valence-electron chi connectivity index (χ0n) is 25.4. The summed E-state index contributed by atoms with van der Waals surface area (Å²) in [5.41, 5.74) is 9.54. The van der Waals surface area contributed by atoms with E-state index in [-0.39, 0.29) is 29.4 Å². The van der Waals surface area contributed by atoms with E-state index in [0.29, 0.717) is 12.5 Å². The number of hydrazine groups is 1. The molecular weight excluding hydrogens is 564 g/mol. The molecule has 2 unspecified atom stereocenters. The minimum absolute atomic E-state index is 0.0136. The molecule has 1 amide bonds. The second-order valence-corrected chi connectivity index (χ2v) is 12.3. The number of benzene rings is 2. The van der Waals surface area contributed by atoms with Crippen molar-refractivity contribution in [3.05, 3.63) is 102 Å². The monoisotopic (exact) mass is 602 g/mol. The van der Waals surface area contributed by atoms with E-state index < -0.39 is 0 Å². The number of fused-ring (bicyclic) bond motifs is 3. The highest BCUT2D eigenvalue weighted by molar-refractivity contribution is 5.95. The largest absolute Gasteiger partial charge is 0.504 e. The number of aromatic hydroxyl groups is 2. The van der Waals surface area contributed by atoms with Gasteiger partial charge in [-0.3, -0.25) is 4.79 Å². The molecule has 2 atom stereocenters. The van der Waals surface area contributed by atoms with E-state index in [4.69, 9.17) is 4.98 Å². The Morgan fingerprint density at radius 1 is 1.07 bits per heavy atom. The predicted molar refractivity (Wildman–Crippen MR) is 176 cm³/mol. The number of nitrogens with one attached hydrogen (secondary N) is 2. The van der Waals surface area contributed by atoms with E-state index in [2.05, 4.69) is 82.2 Å². The van der Waals surface area contributed by atoms with Crippen molar-refractivity contribution in [2.24, 2.45) is 16.8 Å². The summed E-state index contributed by atoms with van der Waals surface area (Å²) in [6.07, 6.45) is 13.5. The van der Waals surface area contributed by atoms with Crippen molar-refractivity contribution in [3.63, 3.8) is 0 Å². The fraction of sp³-hybridized carbons (Fsp3) is 0.306. The van der Waals surface area contributed by atoms with Crippen LogP contribution in [-0.2, 0) is 11.3 Å². The molecule has 7 rings (SSSR count). The van der Waals surface area contributed by atoms with Gasteiger partial charge in [-0.1, -0.05) is 54.6 Å². The summed E-state index contributed by atoms with van der Waals surface area (Å²) in [5, 5.41) is 24.2. The van der Waals surface area contributed by atoms with Crippen molar-refractivity contribution in [2.45, 2.75) is 38.8 Å². The topological polar surface area (TPSA) is 113 Å². The fourth-order valence-electron chi connectivity index (χ4n) is 6.56. The quantitative estimate of drug-likeness (QED) is 0.277. The average molecular weight is 603 g/mol. The third kappa shape index (κ3) is 6.14. The van der Waals surface area contributed by atoms with Crippen LogP contribution >= 0.6 is 0 Å². The third-order valence-corrected chi connectivity index (χ3v) is 9.04. The lowest BCUT2D eigenvalue weighted by Crippen LogP contribution is -2.41. The number of hydrogen-bond acceptors (Lipinski definition) is 8. The SMILES string of the molecule is CC1C=C2N=Cc3cc(-c4ccccc4)c(C4=CCC(CN5CCC(C(=O)NCc6ccc(O)c(O)c6)CC5)C=C4)nc3N2N1. The van der Waals surface area contributed by atoms with E-state index in [1.807, 2.05) is 17.3 Å². The first-order valence-corrected chi connectivity index (χ1v) is 15.7. The number of anilines is 1. The number of aromatic nitrogens is 1. The highest BCUT2D eigenvalue weighted by atomic mass is 16.3. The Bertz CT molecular complexity index is 1720. The lowest BCUT2D eigenvalue weighted by atomic mass is 9.90. The van der Waals surface area contributed by atoms with Gasteiger partial charge in [-0.05, 0) is 86.2 Å². The van der Waals surface area contributed by atoms with E-state index in [1.54, 1.807) is 6.07 Å². The summed E-state index contributed by atoms with van der Waals surface area (Å²) < 4.78 is 0. The van der Waals surface area contributed by atoms with Crippen LogP contribution in [-0.4, -0.2) is 57.9 Å². The number of carbonyl (C=O) groups is 1. The van der Waals surface area contributed by atoms with E-state index in [9.17, 15) is 15.0 Å². The molecule has 1 aromatic heterocycles. The van der Waals surface area contributed by atoms with Gasteiger partial charge < -0.3 is 20.4 Å². The van der Waals surface area contributed by atoms with Crippen LogP contribution < -0.4 is 15.8 Å². The Morgan fingerprint density at radius 3 is 2.64 bits per heavy atom. The molecule has 9 heteroatoms. The third-order valence-electron chi connectivity index (χ3n) is 9.04. The number of phenols is 2. The maximum absolute atomic E-state index is 12.8. The van der Waals surface area contributed by atoms with Crippen molar-refractivity contribution in [1.82, 2.24) is 20.6 Å². The summed E-state index contributed by atoms with van der Waals surface area (Å²) in [7, 11) is 0. The molecule has 2 aromatic carbocycles. The Hall–Kier alpha value is -4.73. The van der Waals surface area contributed by atoms with Crippen LogP contribution in [0.4, 0.5) is 5.82 Å². The van der Waals surface area contributed by atoms with Gasteiger partial charge in [0, 0.05) is 42.4 Å². The van der Waals surface area contributed by atoms with Gasteiger partial charge in [0.2, 0.25) is 5.91 Å². The van der Waals surface area contributed by atoms with E-state index in [0.717, 1.165) is 84.1 Å². The smallest absolute Gasteiger partial charge is 0.223 e. The summed E-state index contributed by atoms with van der Waals surface area (Å²) in [6.45, 7) is 5.18. The van der Waals surface area contributed by atoms with E-state index in [1.165, 1.54) is 12.1 Å². The van der Waals surface area contributed by atoms with Crippen molar-refractivity contribution < 1.29 is 15.0 Å². The summed E-state index contributed by atoms with van der Waals surface area (Å²) >= 11 is 0. The first-order valence-electron chi connectivity index (χ1n) is 15.7. The molecule has 45 heavy (non-hydrogen) atoms. The molecule has 0 saturated carbocycles. The Morgan fingerprint density at radius 2 is 1.89 bits per heavy atom. The zero-order valence-corrected chi connectivity index (χ0v) is 25.4. The molecule has 0 radical (unpaired) electrons. The van der Waals surface area contributed by atoms with Gasteiger partial charge in [0.05, 0.1) is 5.69 Å². The van der Waals surface area contributed by atoms with Gasteiger partial charge in [0.15, 0.2) is 17.3 Å². The number of allylic oxidation sites excluding steroid dienone is 3. The standard InChI is InChI=1S/C36H38N6O3/c1-23-17-33-37-21-29-19-30(26-5-3-2-4-6-26)34(39-35(29)42(33)40-23)27-10-7-24(8-11-27)22-41-15-13-28(14-16-41)36(45)38-20-25-9-12-31(43)32(44)18-25/h2-7,9-12,17-19,21,23-24,28,40,43-44H,8,13-16,20,22H2,1H3,(H,38,45). The second kappa shape index (κ2) is 12.3. The predicted octanol–water partition coefficient (Wildman–Crippen LogP) is 5.13. The second-order valence-electron chi connectivity index (χ2n) is 12.3. The molecule has 4 heterocycles. The minimum Gasteiger partial charge on any atom is -0.504 e. The molecule has 0 spiro atoms.